The van der Waals surface area contributed by atoms with Crippen LogP contribution < -0.4 is 10.9 Å². The fraction of sp³-hybridized carbons (Fsp3) is 0.389. The SMILES string of the molecule is CCCCn1nc(C(=O)Nc2c(C)cccc2CC)ccc1=O. The average molecular weight is 313 g/mol. The predicted octanol–water partition coefficient (Wildman–Crippen LogP) is 3.17. The van der Waals surface area contributed by atoms with Gasteiger partial charge in [-0.3, -0.25) is 9.59 Å². The van der Waals surface area contributed by atoms with Crippen LogP contribution in [0.2, 0.25) is 0 Å². The summed E-state index contributed by atoms with van der Waals surface area (Å²) in [5, 5.41) is 7.12. The molecular formula is C18H23N3O2. The molecule has 1 aromatic heterocycles. The molecule has 122 valence electrons. The van der Waals surface area contributed by atoms with Gasteiger partial charge < -0.3 is 5.32 Å². The Bertz CT molecular complexity index is 750. The molecule has 23 heavy (non-hydrogen) atoms. The maximum Gasteiger partial charge on any atom is 0.276 e. The van der Waals surface area contributed by atoms with Crippen LogP contribution in [0.25, 0.3) is 0 Å². The first kappa shape index (κ1) is 16.9. The Kier molecular flexibility index (Phi) is 5.68. The van der Waals surface area contributed by atoms with Crippen molar-refractivity contribution in [3.8, 4) is 0 Å². The van der Waals surface area contributed by atoms with Crippen molar-refractivity contribution in [3.63, 3.8) is 0 Å². The number of aryl methyl sites for hydroxylation is 3. The van der Waals surface area contributed by atoms with E-state index >= 15 is 0 Å². The Hall–Kier alpha value is -2.43. The van der Waals surface area contributed by atoms with E-state index in [-0.39, 0.29) is 17.2 Å². The van der Waals surface area contributed by atoms with Crippen molar-refractivity contribution in [2.75, 3.05) is 5.32 Å². The monoisotopic (exact) mass is 313 g/mol. The summed E-state index contributed by atoms with van der Waals surface area (Å²) in [6.07, 6.45) is 2.66. The van der Waals surface area contributed by atoms with Crippen molar-refractivity contribution in [2.24, 2.45) is 0 Å². The zero-order chi connectivity index (χ0) is 16.8. The highest BCUT2D eigenvalue weighted by Gasteiger charge is 2.13. The molecule has 0 unspecified atom stereocenters. The normalized spacial score (nSPS) is 10.6. The summed E-state index contributed by atoms with van der Waals surface area (Å²) >= 11 is 0. The van der Waals surface area contributed by atoms with Gasteiger partial charge in [-0.15, -0.1) is 0 Å². The number of anilines is 1. The van der Waals surface area contributed by atoms with E-state index in [1.165, 1.54) is 16.8 Å². The van der Waals surface area contributed by atoms with Crippen LogP contribution in [-0.2, 0) is 13.0 Å². The lowest BCUT2D eigenvalue weighted by Crippen LogP contribution is -2.26. The molecule has 2 aromatic rings. The summed E-state index contributed by atoms with van der Waals surface area (Å²) in [7, 11) is 0. The molecule has 0 fully saturated rings. The van der Waals surface area contributed by atoms with Crippen LogP contribution in [0.3, 0.4) is 0 Å². The topological polar surface area (TPSA) is 64.0 Å². The van der Waals surface area contributed by atoms with E-state index < -0.39 is 0 Å². The predicted molar refractivity (Wildman–Crippen MR) is 91.9 cm³/mol. The number of nitrogens with zero attached hydrogens (tertiary/aromatic N) is 2. The number of rotatable bonds is 6. The minimum atomic E-state index is -0.292. The van der Waals surface area contributed by atoms with Gasteiger partial charge in [-0.1, -0.05) is 38.5 Å². The van der Waals surface area contributed by atoms with Gasteiger partial charge in [0.1, 0.15) is 5.69 Å². The Morgan fingerprint density at radius 1 is 1.22 bits per heavy atom. The summed E-state index contributed by atoms with van der Waals surface area (Å²) in [4.78, 5) is 24.3. The molecule has 0 aliphatic rings. The van der Waals surface area contributed by atoms with Gasteiger partial charge in [0.05, 0.1) is 0 Å². The van der Waals surface area contributed by atoms with Crippen molar-refractivity contribution in [3.05, 3.63) is 57.5 Å². The van der Waals surface area contributed by atoms with Crippen LogP contribution >= 0.6 is 0 Å². The number of carbonyl (C=O) groups is 1. The second-order valence-corrected chi connectivity index (χ2v) is 5.55. The fourth-order valence-corrected chi connectivity index (χ4v) is 2.42. The van der Waals surface area contributed by atoms with Gasteiger partial charge >= 0.3 is 0 Å². The van der Waals surface area contributed by atoms with Crippen LogP contribution in [0.4, 0.5) is 5.69 Å². The van der Waals surface area contributed by atoms with Crippen molar-refractivity contribution >= 4 is 11.6 Å². The number of hydrogen-bond acceptors (Lipinski definition) is 3. The first-order valence-corrected chi connectivity index (χ1v) is 8.04. The largest absolute Gasteiger partial charge is 0.320 e. The first-order chi connectivity index (χ1) is 11.1. The van der Waals surface area contributed by atoms with E-state index in [1.807, 2.05) is 39.0 Å². The maximum absolute atomic E-state index is 12.5. The number of benzene rings is 1. The fourth-order valence-electron chi connectivity index (χ4n) is 2.42. The van der Waals surface area contributed by atoms with Crippen LogP contribution in [0, 0.1) is 6.92 Å². The van der Waals surface area contributed by atoms with Gasteiger partial charge in [-0.2, -0.15) is 5.10 Å². The molecule has 0 aliphatic carbocycles. The number of hydrogen-bond donors (Lipinski definition) is 1. The Balaban J connectivity index is 2.26. The van der Waals surface area contributed by atoms with Gasteiger partial charge in [-0.05, 0) is 37.0 Å². The van der Waals surface area contributed by atoms with Gasteiger partial charge in [0.25, 0.3) is 11.5 Å². The second-order valence-electron chi connectivity index (χ2n) is 5.55. The number of para-hydroxylation sites is 1. The Labute approximate surface area is 136 Å². The van der Waals surface area contributed by atoms with Crippen molar-refractivity contribution in [1.29, 1.82) is 0 Å². The van der Waals surface area contributed by atoms with Crippen LogP contribution in [-0.4, -0.2) is 15.7 Å². The molecule has 0 saturated carbocycles. The summed E-state index contributed by atoms with van der Waals surface area (Å²) in [5.41, 5.74) is 2.99. The highest BCUT2D eigenvalue weighted by atomic mass is 16.2. The number of unbranched alkanes of at least 4 members (excludes halogenated alkanes) is 1. The molecule has 0 radical (unpaired) electrons. The number of carbonyl (C=O) groups excluding carboxylic acids is 1. The van der Waals surface area contributed by atoms with E-state index in [2.05, 4.69) is 10.4 Å². The second kappa shape index (κ2) is 7.72. The van der Waals surface area contributed by atoms with E-state index in [4.69, 9.17) is 0 Å². The van der Waals surface area contributed by atoms with Crippen molar-refractivity contribution in [1.82, 2.24) is 9.78 Å². The van der Waals surface area contributed by atoms with Crippen molar-refractivity contribution < 1.29 is 4.79 Å². The number of aromatic nitrogens is 2. The summed E-state index contributed by atoms with van der Waals surface area (Å²) < 4.78 is 1.36. The Morgan fingerprint density at radius 2 is 2.00 bits per heavy atom. The van der Waals surface area contributed by atoms with Crippen LogP contribution in [0.1, 0.15) is 48.3 Å². The molecule has 2 rings (SSSR count). The highest BCUT2D eigenvalue weighted by molar-refractivity contribution is 6.03. The van der Waals surface area contributed by atoms with Gasteiger partial charge in [0.15, 0.2) is 0 Å². The lowest BCUT2D eigenvalue weighted by Gasteiger charge is -2.13. The molecular weight excluding hydrogens is 290 g/mol. The maximum atomic E-state index is 12.5. The number of amides is 1. The Morgan fingerprint density at radius 3 is 2.70 bits per heavy atom. The van der Waals surface area contributed by atoms with Gasteiger partial charge in [-0.25, -0.2) is 4.68 Å². The molecule has 5 heteroatoms. The molecule has 0 aliphatic heterocycles. The summed E-state index contributed by atoms with van der Waals surface area (Å²) in [6, 6.07) is 8.82. The summed E-state index contributed by atoms with van der Waals surface area (Å²) in [5.74, 6) is -0.292. The molecule has 0 bridgehead atoms. The van der Waals surface area contributed by atoms with E-state index in [0.29, 0.717) is 6.54 Å². The quantitative estimate of drug-likeness (QED) is 0.891. The molecule has 1 N–H and O–H groups in total. The van der Waals surface area contributed by atoms with Gasteiger partial charge in [0, 0.05) is 18.3 Å². The highest BCUT2D eigenvalue weighted by Crippen LogP contribution is 2.21. The minimum Gasteiger partial charge on any atom is -0.320 e. The third-order valence-corrected chi connectivity index (χ3v) is 3.80. The minimum absolute atomic E-state index is 0.180. The smallest absolute Gasteiger partial charge is 0.276 e. The molecule has 1 aromatic carbocycles. The molecule has 0 atom stereocenters. The number of nitrogens with one attached hydrogen (secondary N) is 1. The zero-order valence-electron chi connectivity index (χ0n) is 13.9. The van der Waals surface area contributed by atoms with E-state index in [9.17, 15) is 9.59 Å². The zero-order valence-corrected chi connectivity index (χ0v) is 13.9. The van der Waals surface area contributed by atoms with Crippen LogP contribution in [0.5, 0.6) is 0 Å². The third kappa shape index (κ3) is 4.06. The van der Waals surface area contributed by atoms with E-state index in [0.717, 1.165) is 36.1 Å². The van der Waals surface area contributed by atoms with Crippen molar-refractivity contribution in [2.45, 2.75) is 46.6 Å². The summed E-state index contributed by atoms with van der Waals surface area (Å²) in [6.45, 7) is 6.59. The first-order valence-electron chi connectivity index (χ1n) is 8.04. The third-order valence-electron chi connectivity index (χ3n) is 3.80. The molecule has 0 spiro atoms. The molecule has 1 heterocycles. The molecule has 5 nitrogen and oxygen atoms in total. The van der Waals surface area contributed by atoms with E-state index in [1.54, 1.807) is 0 Å². The van der Waals surface area contributed by atoms with Crippen LogP contribution in [0.15, 0.2) is 35.1 Å². The molecule has 0 saturated heterocycles. The lowest BCUT2D eigenvalue weighted by molar-refractivity contribution is 0.101. The standard InChI is InChI=1S/C18H23N3O2/c1-4-6-12-21-16(22)11-10-15(20-21)18(23)19-17-13(3)8-7-9-14(17)5-2/h7-11H,4-6,12H2,1-3H3,(H,19,23). The molecule has 1 amide bonds. The lowest BCUT2D eigenvalue weighted by atomic mass is 10.1. The average Bonchev–Trinajstić information content (AvgIpc) is 2.55. The van der Waals surface area contributed by atoms with Gasteiger partial charge in [0.2, 0.25) is 0 Å².